The fourth-order valence-corrected chi connectivity index (χ4v) is 3.93. The Morgan fingerprint density at radius 2 is 1.82 bits per heavy atom. The molecule has 1 N–H and O–H groups in total. The van der Waals surface area contributed by atoms with Crippen molar-refractivity contribution in [3.8, 4) is 11.1 Å². The Kier molecular flexibility index (Phi) is 3.94. The Morgan fingerprint density at radius 3 is 2.61 bits per heavy atom. The van der Waals surface area contributed by atoms with Crippen LogP contribution in [0.15, 0.2) is 48.7 Å². The maximum Gasteiger partial charge on any atom is 0.228 e. The first-order chi connectivity index (χ1) is 13.6. The lowest BCUT2D eigenvalue weighted by atomic mass is 9.99. The quantitative estimate of drug-likeness (QED) is 0.749. The third-order valence-corrected chi connectivity index (χ3v) is 5.34. The first kappa shape index (κ1) is 17.0. The van der Waals surface area contributed by atoms with E-state index in [0.29, 0.717) is 24.2 Å². The Hall–Kier alpha value is -3.12. The monoisotopic (exact) mass is 377 g/mol. The molecule has 3 aromatic rings. The summed E-state index contributed by atoms with van der Waals surface area (Å²) in [6.07, 6.45) is 2.02. The lowest BCUT2D eigenvalue weighted by molar-refractivity contribution is -0.115. The number of rotatable bonds is 3. The summed E-state index contributed by atoms with van der Waals surface area (Å²) < 4.78 is 29.5. The normalized spacial score (nSPS) is 15.4. The summed E-state index contributed by atoms with van der Waals surface area (Å²) in [5.74, 6) is -1.19. The molecule has 4 nitrogen and oxygen atoms in total. The average Bonchev–Trinajstić information content (AvgIpc) is 3.25. The lowest BCUT2D eigenvalue weighted by Crippen LogP contribution is -2.18. The second-order valence-electron chi connectivity index (χ2n) is 7.27. The molecule has 2 aliphatic rings. The number of hydrogen-bond donors (Lipinski definition) is 1. The van der Waals surface area contributed by atoms with Crippen LogP contribution in [0.1, 0.15) is 22.4 Å². The predicted octanol–water partition coefficient (Wildman–Crippen LogP) is 4.04. The van der Waals surface area contributed by atoms with Gasteiger partial charge in [0.05, 0.1) is 12.1 Å². The molecule has 140 valence electrons. The van der Waals surface area contributed by atoms with Crippen molar-refractivity contribution >= 4 is 11.6 Å². The number of aromatic nitrogens is 1. The highest BCUT2D eigenvalue weighted by Crippen LogP contribution is 2.32. The van der Waals surface area contributed by atoms with Crippen molar-refractivity contribution in [2.24, 2.45) is 0 Å². The molecule has 3 heterocycles. The van der Waals surface area contributed by atoms with Crippen LogP contribution in [0.25, 0.3) is 11.1 Å². The molecule has 0 spiro atoms. The maximum absolute atomic E-state index is 14.8. The molecular weight excluding hydrogens is 360 g/mol. The number of halogens is 2. The van der Waals surface area contributed by atoms with Gasteiger partial charge in [-0.2, -0.15) is 0 Å². The third-order valence-electron chi connectivity index (χ3n) is 5.34. The summed E-state index contributed by atoms with van der Waals surface area (Å²) in [5, 5.41) is 2.76. The van der Waals surface area contributed by atoms with Crippen LogP contribution in [0.2, 0.25) is 0 Å². The zero-order valence-corrected chi connectivity index (χ0v) is 15.0. The van der Waals surface area contributed by atoms with E-state index in [1.54, 1.807) is 18.3 Å². The summed E-state index contributed by atoms with van der Waals surface area (Å²) in [4.78, 5) is 17.8. The Labute approximate surface area is 160 Å². The number of anilines is 1. The van der Waals surface area contributed by atoms with Crippen molar-refractivity contribution in [1.29, 1.82) is 0 Å². The van der Waals surface area contributed by atoms with Gasteiger partial charge in [0.15, 0.2) is 0 Å². The van der Waals surface area contributed by atoms with Crippen molar-refractivity contribution in [3.05, 3.63) is 82.7 Å². The van der Waals surface area contributed by atoms with Crippen LogP contribution in [0, 0.1) is 11.6 Å². The van der Waals surface area contributed by atoms with Gasteiger partial charge in [0.25, 0.3) is 0 Å². The average molecular weight is 377 g/mol. The number of pyridine rings is 1. The van der Waals surface area contributed by atoms with E-state index >= 15 is 0 Å². The van der Waals surface area contributed by atoms with Gasteiger partial charge in [0, 0.05) is 37.1 Å². The zero-order chi connectivity index (χ0) is 19.3. The molecule has 1 aromatic heterocycles. The number of nitrogens with one attached hydrogen (secondary N) is 1. The van der Waals surface area contributed by atoms with Crippen LogP contribution in [-0.2, 0) is 30.8 Å². The van der Waals surface area contributed by atoms with Gasteiger partial charge in [0.1, 0.15) is 11.6 Å². The number of carbonyl (C=O) groups excluding carboxylic acids is 1. The molecule has 0 bridgehead atoms. The van der Waals surface area contributed by atoms with E-state index in [1.807, 2.05) is 23.1 Å². The minimum absolute atomic E-state index is 0.0644. The van der Waals surface area contributed by atoms with Gasteiger partial charge >= 0.3 is 0 Å². The first-order valence-electron chi connectivity index (χ1n) is 9.13. The number of benzene rings is 2. The largest absolute Gasteiger partial charge is 0.326 e. The van der Waals surface area contributed by atoms with E-state index < -0.39 is 11.6 Å². The maximum atomic E-state index is 14.8. The van der Waals surface area contributed by atoms with Crippen LogP contribution >= 0.6 is 0 Å². The number of amides is 1. The molecule has 28 heavy (non-hydrogen) atoms. The van der Waals surface area contributed by atoms with Gasteiger partial charge in [-0.05, 0) is 52.6 Å². The molecule has 5 rings (SSSR count). The van der Waals surface area contributed by atoms with Crippen molar-refractivity contribution in [1.82, 2.24) is 9.88 Å². The molecule has 0 atom stereocenters. The van der Waals surface area contributed by atoms with Crippen LogP contribution in [0.3, 0.4) is 0 Å². The van der Waals surface area contributed by atoms with Gasteiger partial charge in [-0.15, -0.1) is 0 Å². The summed E-state index contributed by atoms with van der Waals surface area (Å²) in [6.45, 7) is 1.41. The predicted molar refractivity (Wildman–Crippen MR) is 101 cm³/mol. The van der Waals surface area contributed by atoms with Gasteiger partial charge in [-0.1, -0.05) is 12.1 Å². The van der Waals surface area contributed by atoms with Crippen LogP contribution in [0.5, 0.6) is 0 Å². The van der Waals surface area contributed by atoms with Crippen LogP contribution in [0.4, 0.5) is 14.5 Å². The summed E-state index contributed by atoms with van der Waals surface area (Å²) in [7, 11) is 0. The van der Waals surface area contributed by atoms with E-state index in [4.69, 9.17) is 0 Å². The minimum atomic E-state index is -0.561. The minimum Gasteiger partial charge on any atom is -0.326 e. The molecule has 2 aromatic carbocycles. The molecule has 2 aliphatic heterocycles. The van der Waals surface area contributed by atoms with E-state index in [1.165, 1.54) is 12.1 Å². The van der Waals surface area contributed by atoms with Crippen LogP contribution in [-0.4, -0.2) is 15.8 Å². The highest BCUT2D eigenvalue weighted by Gasteiger charge is 2.23. The van der Waals surface area contributed by atoms with Crippen molar-refractivity contribution in [2.75, 3.05) is 5.32 Å². The molecular formula is C22H17F2N3O. The topological polar surface area (TPSA) is 45.2 Å². The summed E-state index contributed by atoms with van der Waals surface area (Å²) in [6, 6.07) is 11.9. The van der Waals surface area contributed by atoms with Crippen LogP contribution < -0.4 is 5.32 Å². The Morgan fingerprint density at radius 1 is 1.00 bits per heavy atom. The number of nitrogens with zero attached hydrogens (tertiary/aromatic N) is 2. The van der Waals surface area contributed by atoms with Crippen molar-refractivity contribution in [3.63, 3.8) is 0 Å². The van der Waals surface area contributed by atoms with E-state index in [-0.39, 0.29) is 24.4 Å². The molecule has 0 saturated heterocycles. The molecule has 0 radical (unpaired) electrons. The molecule has 0 aliphatic carbocycles. The number of hydrogen-bond acceptors (Lipinski definition) is 3. The fraction of sp³-hybridized carbons (Fsp3) is 0.182. The molecule has 1 amide bonds. The van der Waals surface area contributed by atoms with E-state index in [0.717, 1.165) is 22.5 Å². The van der Waals surface area contributed by atoms with Gasteiger partial charge < -0.3 is 5.32 Å². The summed E-state index contributed by atoms with van der Waals surface area (Å²) >= 11 is 0. The van der Waals surface area contributed by atoms with Gasteiger partial charge in [-0.3, -0.25) is 14.7 Å². The fourth-order valence-electron chi connectivity index (χ4n) is 3.93. The number of fused-ring (bicyclic) bond motifs is 2. The first-order valence-corrected chi connectivity index (χ1v) is 9.13. The zero-order valence-electron chi connectivity index (χ0n) is 15.0. The highest BCUT2D eigenvalue weighted by atomic mass is 19.1. The second kappa shape index (κ2) is 6.49. The standard InChI is InChI=1S/C22H17F2N3O/c23-18-7-15(13-3-4-20-16(6-13)9-22(28)26-20)8-19(24)17(18)11-27-10-14-2-1-5-25-21(14)12-27/h1-8H,9-12H2,(H,26,28). The van der Waals surface area contributed by atoms with E-state index in [2.05, 4.69) is 10.3 Å². The Balaban J connectivity index is 1.41. The second-order valence-corrected chi connectivity index (χ2v) is 7.27. The molecule has 0 fully saturated rings. The SMILES string of the molecule is O=C1Cc2cc(-c3cc(F)c(CN4Cc5cccnc5C4)c(F)c3)ccc2N1. The van der Waals surface area contributed by atoms with Crippen molar-refractivity contribution in [2.45, 2.75) is 26.1 Å². The van der Waals surface area contributed by atoms with Crippen molar-refractivity contribution < 1.29 is 13.6 Å². The highest BCUT2D eigenvalue weighted by molar-refractivity contribution is 5.99. The van der Waals surface area contributed by atoms with Gasteiger partial charge in [0.2, 0.25) is 5.91 Å². The summed E-state index contributed by atoms with van der Waals surface area (Å²) in [5.41, 5.74) is 4.88. The molecule has 0 unspecified atom stereocenters. The van der Waals surface area contributed by atoms with Gasteiger partial charge in [-0.25, -0.2) is 8.78 Å². The third kappa shape index (κ3) is 2.96. The molecule has 0 saturated carbocycles. The van der Waals surface area contributed by atoms with E-state index in [9.17, 15) is 13.6 Å². The lowest BCUT2D eigenvalue weighted by Gasteiger charge is -2.16. The number of carbonyl (C=O) groups is 1. The molecule has 6 heteroatoms. The Bertz CT molecular complexity index is 1060. The smallest absolute Gasteiger partial charge is 0.228 e.